The summed E-state index contributed by atoms with van der Waals surface area (Å²) in [5.74, 6) is 1.95. The molecule has 1 aromatic rings. The van der Waals surface area contributed by atoms with Crippen molar-refractivity contribution < 1.29 is 0 Å². The Hall–Kier alpha value is -0.540. The SMILES string of the molecule is CC(C)C(C)SCCNCc1cccnc1. The molecule has 1 unspecified atom stereocenters. The van der Waals surface area contributed by atoms with Crippen LogP contribution in [0.1, 0.15) is 26.3 Å². The first-order valence-electron chi connectivity index (χ1n) is 5.91. The van der Waals surface area contributed by atoms with Crippen molar-refractivity contribution in [2.24, 2.45) is 5.92 Å². The van der Waals surface area contributed by atoms with E-state index >= 15 is 0 Å². The van der Waals surface area contributed by atoms with Gasteiger partial charge in [0.2, 0.25) is 0 Å². The topological polar surface area (TPSA) is 24.9 Å². The minimum atomic E-state index is 0.750. The number of hydrogen-bond donors (Lipinski definition) is 1. The molecule has 0 amide bonds. The second kappa shape index (κ2) is 7.69. The summed E-state index contributed by atoms with van der Waals surface area (Å²) in [7, 11) is 0. The average Bonchev–Trinajstić information content (AvgIpc) is 2.29. The van der Waals surface area contributed by atoms with Gasteiger partial charge in [-0.2, -0.15) is 11.8 Å². The lowest BCUT2D eigenvalue weighted by Crippen LogP contribution is -2.18. The minimum Gasteiger partial charge on any atom is -0.312 e. The Labute approximate surface area is 103 Å². The lowest BCUT2D eigenvalue weighted by Gasteiger charge is -2.14. The number of rotatable bonds is 7. The fraction of sp³-hybridized carbons (Fsp3) is 0.615. The monoisotopic (exact) mass is 238 g/mol. The highest BCUT2D eigenvalue weighted by Gasteiger charge is 2.06. The van der Waals surface area contributed by atoms with Gasteiger partial charge in [-0.3, -0.25) is 4.98 Å². The molecule has 0 saturated heterocycles. The van der Waals surface area contributed by atoms with Crippen molar-refractivity contribution in [1.29, 1.82) is 0 Å². The third-order valence-electron chi connectivity index (χ3n) is 2.65. The van der Waals surface area contributed by atoms with E-state index in [1.54, 1.807) is 0 Å². The first-order valence-corrected chi connectivity index (χ1v) is 6.96. The Kier molecular flexibility index (Phi) is 6.50. The van der Waals surface area contributed by atoms with Crippen molar-refractivity contribution in [3.8, 4) is 0 Å². The third-order valence-corrected chi connectivity index (χ3v) is 4.16. The quantitative estimate of drug-likeness (QED) is 0.739. The lowest BCUT2D eigenvalue weighted by molar-refractivity contribution is 0.640. The van der Waals surface area contributed by atoms with Gasteiger partial charge in [-0.05, 0) is 17.5 Å². The number of nitrogens with one attached hydrogen (secondary N) is 1. The standard InChI is InChI=1S/C13H22N2S/c1-11(2)12(3)16-8-7-15-10-13-5-4-6-14-9-13/h4-6,9,11-12,15H,7-8,10H2,1-3H3. The predicted molar refractivity (Wildman–Crippen MR) is 72.7 cm³/mol. The summed E-state index contributed by atoms with van der Waals surface area (Å²) in [5, 5.41) is 4.19. The van der Waals surface area contributed by atoms with Crippen LogP contribution in [0, 0.1) is 5.92 Å². The molecular formula is C13H22N2S. The van der Waals surface area contributed by atoms with E-state index in [-0.39, 0.29) is 0 Å². The van der Waals surface area contributed by atoms with Crippen LogP contribution in [-0.2, 0) is 6.54 Å². The maximum Gasteiger partial charge on any atom is 0.0312 e. The number of nitrogens with zero attached hydrogens (tertiary/aromatic N) is 1. The fourth-order valence-electron chi connectivity index (χ4n) is 1.24. The van der Waals surface area contributed by atoms with E-state index in [1.165, 1.54) is 11.3 Å². The highest BCUT2D eigenvalue weighted by Crippen LogP contribution is 2.17. The van der Waals surface area contributed by atoms with E-state index < -0.39 is 0 Å². The summed E-state index contributed by atoms with van der Waals surface area (Å²) in [6, 6.07) is 4.08. The van der Waals surface area contributed by atoms with Crippen LogP contribution in [0.5, 0.6) is 0 Å². The van der Waals surface area contributed by atoms with Crippen LogP contribution in [0.4, 0.5) is 0 Å². The molecule has 0 radical (unpaired) electrons. The highest BCUT2D eigenvalue weighted by atomic mass is 32.2. The van der Waals surface area contributed by atoms with Gasteiger partial charge in [0.15, 0.2) is 0 Å². The zero-order valence-corrected chi connectivity index (χ0v) is 11.3. The van der Waals surface area contributed by atoms with E-state index in [0.717, 1.165) is 24.3 Å². The van der Waals surface area contributed by atoms with Crippen molar-refractivity contribution in [3.05, 3.63) is 30.1 Å². The average molecular weight is 238 g/mol. The molecule has 0 saturated carbocycles. The van der Waals surface area contributed by atoms with Gasteiger partial charge in [-0.15, -0.1) is 0 Å². The first kappa shape index (κ1) is 13.5. The van der Waals surface area contributed by atoms with Gasteiger partial charge in [0, 0.05) is 36.5 Å². The molecule has 1 N–H and O–H groups in total. The van der Waals surface area contributed by atoms with Crippen molar-refractivity contribution >= 4 is 11.8 Å². The number of thioether (sulfide) groups is 1. The largest absolute Gasteiger partial charge is 0.312 e. The van der Waals surface area contributed by atoms with Crippen LogP contribution in [0.3, 0.4) is 0 Å². The van der Waals surface area contributed by atoms with E-state index in [1.807, 2.05) is 30.2 Å². The summed E-state index contributed by atoms with van der Waals surface area (Å²) >= 11 is 2.04. The minimum absolute atomic E-state index is 0.750. The molecule has 0 aliphatic heterocycles. The fourth-order valence-corrected chi connectivity index (χ4v) is 2.26. The highest BCUT2D eigenvalue weighted by molar-refractivity contribution is 7.99. The van der Waals surface area contributed by atoms with E-state index in [9.17, 15) is 0 Å². The second-order valence-electron chi connectivity index (χ2n) is 4.36. The van der Waals surface area contributed by atoms with Gasteiger partial charge in [0.25, 0.3) is 0 Å². The molecular weight excluding hydrogens is 216 g/mol. The van der Waals surface area contributed by atoms with Crippen molar-refractivity contribution in [2.75, 3.05) is 12.3 Å². The normalized spacial score (nSPS) is 13.0. The molecule has 0 fully saturated rings. The van der Waals surface area contributed by atoms with Gasteiger partial charge in [-0.1, -0.05) is 26.8 Å². The molecule has 1 rings (SSSR count). The van der Waals surface area contributed by atoms with Crippen molar-refractivity contribution in [1.82, 2.24) is 10.3 Å². The number of pyridine rings is 1. The molecule has 0 aliphatic rings. The Morgan fingerprint density at radius 2 is 2.19 bits per heavy atom. The zero-order valence-electron chi connectivity index (χ0n) is 10.4. The molecule has 90 valence electrons. The summed E-state index contributed by atoms with van der Waals surface area (Å²) < 4.78 is 0. The molecule has 0 aliphatic carbocycles. The van der Waals surface area contributed by atoms with Crippen LogP contribution in [-0.4, -0.2) is 22.5 Å². The van der Waals surface area contributed by atoms with Crippen LogP contribution in [0.15, 0.2) is 24.5 Å². The molecule has 1 aromatic heterocycles. The van der Waals surface area contributed by atoms with Crippen LogP contribution in [0.2, 0.25) is 0 Å². The van der Waals surface area contributed by atoms with Crippen LogP contribution < -0.4 is 5.32 Å². The Balaban J connectivity index is 2.04. The Bertz CT molecular complexity index is 275. The predicted octanol–water partition coefficient (Wildman–Crippen LogP) is 2.95. The Morgan fingerprint density at radius 3 is 2.81 bits per heavy atom. The van der Waals surface area contributed by atoms with Crippen molar-refractivity contribution in [2.45, 2.75) is 32.6 Å². The molecule has 0 aromatic carbocycles. The van der Waals surface area contributed by atoms with Crippen LogP contribution >= 0.6 is 11.8 Å². The first-order chi connectivity index (χ1) is 7.70. The summed E-state index contributed by atoms with van der Waals surface area (Å²) in [6.07, 6.45) is 3.72. The van der Waals surface area contributed by atoms with E-state index in [0.29, 0.717) is 0 Å². The maximum absolute atomic E-state index is 4.09. The number of aromatic nitrogens is 1. The summed E-state index contributed by atoms with van der Waals surface area (Å²) in [6.45, 7) is 8.85. The van der Waals surface area contributed by atoms with E-state index in [2.05, 4.69) is 37.1 Å². The summed E-state index contributed by atoms with van der Waals surface area (Å²) in [5.41, 5.74) is 1.25. The third kappa shape index (κ3) is 5.52. The molecule has 0 bridgehead atoms. The molecule has 1 heterocycles. The smallest absolute Gasteiger partial charge is 0.0312 e. The zero-order chi connectivity index (χ0) is 11.8. The van der Waals surface area contributed by atoms with Gasteiger partial charge in [0.1, 0.15) is 0 Å². The van der Waals surface area contributed by atoms with Gasteiger partial charge in [-0.25, -0.2) is 0 Å². The molecule has 16 heavy (non-hydrogen) atoms. The molecule has 3 heteroatoms. The van der Waals surface area contributed by atoms with Gasteiger partial charge < -0.3 is 5.32 Å². The second-order valence-corrected chi connectivity index (χ2v) is 5.84. The van der Waals surface area contributed by atoms with Crippen LogP contribution in [0.25, 0.3) is 0 Å². The summed E-state index contributed by atoms with van der Waals surface area (Å²) in [4.78, 5) is 4.09. The maximum atomic E-state index is 4.09. The van der Waals surface area contributed by atoms with Gasteiger partial charge >= 0.3 is 0 Å². The molecule has 1 atom stereocenters. The Morgan fingerprint density at radius 1 is 1.38 bits per heavy atom. The van der Waals surface area contributed by atoms with Gasteiger partial charge in [0.05, 0.1) is 0 Å². The van der Waals surface area contributed by atoms with E-state index in [4.69, 9.17) is 0 Å². The lowest BCUT2D eigenvalue weighted by atomic mass is 10.2. The van der Waals surface area contributed by atoms with Crippen molar-refractivity contribution in [3.63, 3.8) is 0 Å². The molecule has 0 spiro atoms. The number of hydrogen-bond acceptors (Lipinski definition) is 3. The molecule has 2 nitrogen and oxygen atoms in total.